The lowest BCUT2D eigenvalue weighted by Crippen LogP contribution is -2.28. The standard InChI is InChI=1S/C17H18N4/c1-2-6-16-14(5-1)11-18-8-10-20(16)12-15-13-21-9-4-3-7-17(21)19-15/h1-7,9,13,18H,8,10-12H2. The van der Waals surface area contributed by atoms with Crippen molar-refractivity contribution in [1.29, 1.82) is 0 Å². The van der Waals surface area contributed by atoms with Gasteiger partial charge in [-0.1, -0.05) is 24.3 Å². The average molecular weight is 278 g/mol. The zero-order chi connectivity index (χ0) is 14.1. The first-order chi connectivity index (χ1) is 10.4. The molecule has 1 N–H and O–H groups in total. The number of pyridine rings is 1. The summed E-state index contributed by atoms with van der Waals surface area (Å²) in [5.74, 6) is 0. The van der Waals surface area contributed by atoms with Crippen LogP contribution in [0, 0.1) is 0 Å². The Balaban J connectivity index is 1.67. The van der Waals surface area contributed by atoms with Crippen LogP contribution in [0.4, 0.5) is 5.69 Å². The lowest BCUT2D eigenvalue weighted by atomic mass is 10.1. The van der Waals surface area contributed by atoms with Gasteiger partial charge in [-0.05, 0) is 23.8 Å². The fraction of sp³-hybridized carbons (Fsp3) is 0.235. The largest absolute Gasteiger partial charge is 0.364 e. The van der Waals surface area contributed by atoms with E-state index in [-0.39, 0.29) is 0 Å². The predicted molar refractivity (Wildman–Crippen MR) is 84.4 cm³/mol. The second-order valence-electron chi connectivity index (χ2n) is 5.43. The van der Waals surface area contributed by atoms with Crippen molar-refractivity contribution in [2.75, 3.05) is 18.0 Å². The van der Waals surface area contributed by atoms with Crippen molar-refractivity contribution in [3.63, 3.8) is 0 Å². The maximum Gasteiger partial charge on any atom is 0.137 e. The Bertz CT molecular complexity index is 729. The Labute approximate surface area is 124 Å². The topological polar surface area (TPSA) is 32.6 Å². The van der Waals surface area contributed by atoms with Crippen LogP contribution in [0.25, 0.3) is 5.65 Å². The first-order valence-electron chi connectivity index (χ1n) is 7.36. The second-order valence-corrected chi connectivity index (χ2v) is 5.43. The molecule has 0 bridgehead atoms. The van der Waals surface area contributed by atoms with Gasteiger partial charge in [-0.2, -0.15) is 0 Å². The van der Waals surface area contributed by atoms with Gasteiger partial charge in [0.2, 0.25) is 0 Å². The van der Waals surface area contributed by atoms with Crippen molar-refractivity contribution in [3.05, 3.63) is 66.1 Å². The molecule has 0 atom stereocenters. The SMILES string of the molecule is c1ccc2c(c1)CNCCN2Cc1cn2ccccc2n1. The Morgan fingerprint density at radius 1 is 1.10 bits per heavy atom. The Morgan fingerprint density at radius 3 is 2.95 bits per heavy atom. The summed E-state index contributed by atoms with van der Waals surface area (Å²) in [5.41, 5.74) is 4.80. The van der Waals surface area contributed by atoms with Crippen LogP contribution in [0.15, 0.2) is 54.9 Å². The maximum atomic E-state index is 4.71. The van der Waals surface area contributed by atoms with Crippen LogP contribution in [0.3, 0.4) is 0 Å². The number of nitrogens with zero attached hydrogens (tertiary/aromatic N) is 3. The highest BCUT2D eigenvalue weighted by Crippen LogP contribution is 2.23. The number of imidazole rings is 1. The second kappa shape index (κ2) is 5.22. The van der Waals surface area contributed by atoms with Crippen molar-refractivity contribution in [2.45, 2.75) is 13.1 Å². The number of aromatic nitrogens is 2. The lowest BCUT2D eigenvalue weighted by molar-refractivity contribution is 0.686. The highest BCUT2D eigenvalue weighted by molar-refractivity contribution is 5.54. The molecule has 0 spiro atoms. The summed E-state index contributed by atoms with van der Waals surface area (Å²) in [6, 6.07) is 14.7. The van der Waals surface area contributed by atoms with Gasteiger partial charge in [0.1, 0.15) is 5.65 Å². The van der Waals surface area contributed by atoms with Crippen LogP contribution in [-0.4, -0.2) is 22.5 Å². The van der Waals surface area contributed by atoms with Gasteiger partial charge in [0.15, 0.2) is 0 Å². The van der Waals surface area contributed by atoms with Crippen molar-refractivity contribution >= 4 is 11.3 Å². The van der Waals surface area contributed by atoms with Crippen LogP contribution in [0.1, 0.15) is 11.3 Å². The van der Waals surface area contributed by atoms with Crippen molar-refractivity contribution < 1.29 is 0 Å². The van der Waals surface area contributed by atoms with Crippen LogP contribution in [0.5, 0.6) is 0 Å². The zero-order valence-corrected chi connectivity index (χ0v) is 11.9. The van der Waals surface area contributed by atoms with E-state index in [1.165, 1.54) is 11.3 Å². The predicted octanol–water partition coefficient (Wildman–Crippen LogP) is 2.44. The number of para-hydroxylation sites is 1. The number of fused-ring (bicyclic) bond motifs is 2. The maximum absolute atomic E-state index is 4.71. The molecule has 0 unspecified atom stereocenters. The monoisotopic (exact) mass is 278 g/mol. The lowest BCUT2D eigenvalue weighted by Gasteiger charge is -2.23. The molecule has 3 heterocycles. The van der Waals surface area contributed by atoms with E-state index in [2.05, 4.69) is 45.1 Å². The van der Waals surface area contributed by atoms with Crippen molar-refractivity contribution in [3.8, 4) is 0 Å². The number of nitrogens with one attached hydrogen (secondary N) is 1. The van der Waals surface area contributed by atoms with E-state index in [0.29, 0.717) is 0 Å². The molecule has 0 amide bonds. The molecular formula is C17H18N4. The van der Waals surface area contributed by atoms with E-state index in [0.717, 1.165) is 37.5 Å². The van der Waals surface area contributed by atoms with E-state index in [1.807, 2.05) is 24.4 Å². The molecule has 0 radical (unpaired) electrons. The molecule has 1 aliphatic heterocycles. The van der Waals surface area contributed by atoms with Crippen LogP contribution < -0.4 is 10.2 Å². The highest BCUT2D eigenvalue weighted by Gasteiger charge is 2.15. The van der Waals surface area contributed by atoms with Gasteiger partial charge >= 0.3 is 0 Å². The molecule has 4 heteroatoms. The minimum atomic E-state index is 0.848. The van der Waals surface area contributed by atoms with E-state index in [4.69, 9.17) is 4.98 Å². The number of hydrogen-bond donors (Lipinski definition) is 1. The van der Waals surface area contributed by atoms with Gasteiger partial charge in [0, 0.05) is 37.7 Å². The Morgan fingerprint density at radius 2 is 2.00 bits per heavy atom. The quantitative estimate of drug-likeness (QED) is 0.781. The van der Waals surface area contributed by atoms with E-state index < -0.39 is 0 Å². The summed E-state index contributed by atoms with van der Waals surface area (Å²) in [5, 5.41) is 3.48. The third-order valence-corrected chi connectivity index (χ3v) is 3.97. The van der Waals surface area contributed by atoms with E-state index >= 15 is 0 Å². The number of benzene rings is 1. The summed E-state index contributed by atoms with van der Waals surface area (Å²) in [7, 11) is 0. The third-order valence-electron chi connectivity index (χ3n) is 3.97. The van der Waals surface area contributed by atoms with Gasteiger partial charge in [-0.3, -0.25) is 0 Å². The van der Waals surface area contributed by atoms with Gasteiger partial charge in [-0.25, -0.2) is 4.98 Å². The highest BCUT2D eigenvalue weighted by atomic mass is 15.2. The van der Waals surface area contributed by atoms with Gasteiger partial charge in [0.05, 0.1) is 12.2 Å². The molecular weight excluding hydrogens is 260 g/mol. The summed E-state index contributed by atoms with van der Waals surface area (Å²) in [6.45, 7) is 3.80. The van der Waals surface area contributed by atoms with E-state index in [1.54, 1.807) is 0 Å². The van der Waals surface area contributed by atoms with Crippen LogP contribution >= 0.6 is 0 Å². The van der Waals surface area contributed by atoms with Crippen LogP contribution in [0.2, 0.25) is 0 Å². The smallest absolute Gasteiger partial charge is 0.137 e. The number of rotatable bonds is 2. The molecule has 106 valence electrons. The molecule has 0 fully saturated rings. The summed E-state index contributed by atoms with van der Waals surface area (Å²) in [4.78, 5) is 7.13. The Hall–Kier alpha value is -2.33. The van der Waals surface area contributed by atoms with Crippen LogP contribution in [-0.2, 0) is 13.1 Å². The number of anilines is 1. The molecule has 2 aromatic heterocycles. The summed E-state index contributed by atoms with van der Waals surface area (Å²) >= 11 is 0. The fourth-order valence-corrected chi connectivity index (χ4v) is 2.95. The average Bonchev–Trinajstić information content (AvgIpc) is 2.82. The van der Waals surface area contributed by atoms with E-state index in [9.17, 15) is 0 Å². The Kier molecular flexibility index (Phi) is 3.09. The minimum Gasteiger partial charge on any atom is -0.364 e. The molecule has 0 saturated heterocycles. The molecule has 1 aliphatic rings. The number of hydrogen-bond acceptors (Lipinski definition) is 3. The molecule has 21 heavy (non-hydrogen) atoms. The molecule has 0 saturated carbocycles. The molecule has 4 rings (SSSR count). The van der Waals surface area contributed by atoms with Crippen molar-refractivity contribution in [2.24, 2.45) is 0 Å². The van der Waals surface area contributed by atoms with Gasteiger partial charge in [-0.15, -0.1) is 0 Å². The molecule has 4 nitrogen and oxygen atoms in total. The normalized spacial score (nSPS) is 15.0. The van der Waals surface area contributed by atoms with Crippen molar-refractivity contribution in [1.82, 2.24) is 14.7 Å². The fourth-order valence-electron chi connectivity index (χ4n) is 2.95. The molecule has 0 aliphatic carbocycles. The first-order valence-corrected chi connectivity index (χ1v) is 7.36. The molecule has 3 aromatic rings. The molecule has 1 aromatic carbocycles. The van der Waals surface area contributed by atoms with Gasteiger partial charge < -0.3 is 14.6 Å². The summed E-state index contributed by atoms with van der Waals surface area (Å²) < 4.78 is 2.08. The minimum absolute atomic E-state index is 0.848. The zero-order valence-electron chi connectivity index (χ0n) is 11.9. The first kappa shape index (κ1) is 12.4. The third kappa shape index (κ3) is 2.38. The summed E-state index contributed by atoms with van der Waals surface area (Å²) in [6.07, 6.45) is 4.17. The van der Waals surface area contributed by atoms with Gasteiger partial charge in [0.25, 0.3) is 0 Å².